The number of amides is 1. The number of esters is 1. The monoisotopic (exact) mass is 657 g/mol. The van der Waals surface area contributed by atoms with E-state index in [0.717, 1.165) is 16.8 Å². The maximum Gasteiger partial charge on any atom is 0.422 e. The fourth-order valence-corrected chi connectivity index (χ4v) is 4.42. The van der Waals surface area contributed by atoms with E-state index in [2.05, 4.69) is 32.2 Å². The molecule has 0 saturated heterocycles. The van der Waals surface area contributed by atoms with Crippen molar-refractivity contribution in [1.82, 2.24) is 24.4 Å². The lowest BCUT2D eigenvalue weighted by Gasteiger charge is -2.25. The molecule has 0 fully saturated rings. The third-order valence-electron chi connectivity index (χ3n) is 6.59. The molecule has 0 bridgehead atoms. The van der Waals surface area contributed by atoms with Crippen LogP contribution < -0.4 is 20.3 Å². The Labute approximate surface area is 274 Å². The van der Waals surface area contributed by atoms with Crippen LogP contribution in [0.2, 0.25) is 0 Å². The molecule has 1 amide bonds. The molecule has 0 atom stereocenters. The van der Waals surface area contributed by atoms with Crippen molar-refractivity contribution < 1.29 is 36.3 Å². The number of aryl methyl sites for hydroxylation is 1. The molecular formula is C32H37F3N8O4. The smallest absolute Gasteiger partial charge is 0.422 e. The van der Waals surface area contributed by atoms with Gasteiger partial charge in [-0.05, 0) is 46.2 Å². The number of ether oxygens (including phenoxy) is 2. The lowest BCUT2D eigenvalue weighted by molar-refractivity contribution is -0.153. The highest BCUT2D eigenvalue weighted by molar-refractivity contribution is 6.03. The summed E-state index contributed by atoms with van der Waals surface area (Å²) in [5, 5.41) is 5.87. The van der Waals surface area contributed by atoms with Crippen LogP contribution in [0.3, 0.4) is 0 Å². The molecule has 4 aromatic rings. The molecule has 15 heteroatoms. The number of likely N-dealkylation sites (N-methyl/N-ethyl adjacent to an activating group) is 2. The molecule has 0 spiro atoms. The number of anilines is 4. The SMILES string of the molecule is [2H]C([2H])([2H])n1cc(-c2nc(Nc3cc(NC(=O)C=C)c(N(C)CCN(C)C)nc3OCC(F)(F)F)ncc2C(=O)OC(C)C)c2ccccc21. The first-order valence-electron chi connectivity index (χ1n) is 15.9. The van der Waals surface area contributed by atoms with Crippen molar-refractivity contribution in [2.24, 2.45) is 6.98 Å². The topological polar surface area (TPSA) is 127 Å². The van der Waals surface area contributed by atoms with Gasteiger partial charge in [0.2, 0.25) is 17.7 Å². The number of nitrogens with one attached hydrogen (secondary N) is 2. The van der Waals surface area contributed by atoms with Gasteiger partial charge in [-0.1, -0.05) is 24.8 Å². The highest BCUT2D eigenvalue weighted by Gasteiger charge is 2.30. The van der Waals surface area contributed by atoms with Gasteiger partial charge in [0.05, 0.1) is 17.5 Å². The first-order chi connectivity index (χ1) is 23.4. The van der Waals surface area contributed by atoms with Gasteiger partial charge in [0.15, 0.2) is 12.4 Å². The number of halogens is 3. The lowest BCUT2D eigenvalue weighted by atomic mass is 10.1. The Morgan fingerprint density at radius 2 is 1.89 bits per heavy atom. The number of hydrogen-bond acceptors (Lipinski definition) is 10. The summed E-state index contributed by atoms with van der Waals surface area (Å²) >= 11 is 0. The maximum absolute atomic E-state index is 13.4. The van der Waals surface area contributed by atoms with Crippen molar-refractivity contribution >= 4 is 45.9 Å². The van der Waals surface area contributed by atoms with E-state index in [0.29, 0.717) is 24.0 Å². The van der Waals surface area contributed by atoms with Crippen LogP contribution in [0.15, 0.2) is 55.4 Å². The quantitative estimate of drug-likeness (QED) is 0.143. The molecule has 0 aliphatic carbocycles. The molecule has 250 valence electrons. The molecule has 1 aromatic carbocycles. The molecule has 4 rings (SSSR count). The Morgan fingerprint density at radius 3 is 2.55 bits per heavy atom. The Morgan fingerprint density at radius 1 is 1.15 bits per heavy atom. The predicted molar refractivity (Wildman–Crippen MR) is 174 cm³/mol. The van der Waals surface area contributed by atoms with Crippen LogP contribution in [-0.4, -0.2) is 89.4 Å². The number of benzene rings is 1. The zero-order valence-corrected chi connectivity index (χ0v) is 26.5. The number of alkyl halides is 3. The van der Waals surface area contributed by atoms with Crippen LogP contribution >= 0.6 is 0 Å². The van der Waals surface area contributed by atoms with Crippen LogP contribution in [0, 0.1) is 0 Å². The van der Waals surface area contributed by atoms with Crippen molar-refractivity contribution in [2.75, 3.05) is 56.4 Å². The minimum absolute atomic E-state index is 0.0155. The molecule has 47 heavy (non-hydrogen) atoms. The van der Waals surface area contributed by atoms with Crippen LogP contribution in [0.25, 0.3) is 22.2 Å². The zero-order chi connectivity index (χ0) is 37.0. The number of fused-ring (bicyclic) bond motifs is 1. The highest BCUT2D eigenvalue weighted by Crippen LogP contribution is 2.37. The number of carbonyl (C=O) groups is 2. The van der Waals surface area contributed by atoms with Crippen molar-refractivity contribution in [3.8, 4) is 17.1 Å². The fraction of sp³-hybridized carbons (Fsp3) is 0.344. The van der Waals surface area contributed by atoms with E-state index in [-0.39, 0.29) is 40.0 Å². The third kappa shape index (κ3) is 8.76. The predicted octanol–water partition coefficient (Wildman–Crippen LogP) is 5.40. The summed E-state index contributed by atoms with van der Waals surface area (Å²) in [6, 6.07) is 7.92. The third-order valence-corrected chi connectivity index (χ3v) is 6.59. The zero-order valence-electron chi connectivity index (χ0n) is 29.5. The fourth-order valence-electron chi connectivity index (χ4n) is 4.42. The minimum atomic E-state index is -4.72. The summed E-state index contributed by atoms with van der Waals surface area (Å²) in [5.41, 5.74) is 0.422. The molecule has 0 aliphatic heterocycles. The summed E-state index contributed by atoms with van der Waals surface area (Å²) < 4.78 is 75.9. The number of nitrogens with zero attached hydrogens (tertiary/aromatic N) is 6. The highest BCUT2D eigenvalue weighted by atomic mass is 19.4. The van der Waals surface area contributed by atoms with Gasteiger partial charge in [-0.3, -0.25) is 4.79 Å². The van der Waals surface area contributed by atoms with Gasteiger partial charge in [0.25, 0.3) is 0 Å². The lowest BCUT2D eigenvalue weighted by Crippen LogP contribution is -2.30. The van der Waals surface area contributed by atoms with E-state index in [9.17, 15) is 22.8 Å². The van der Waals surface area contributed by atoms with Crippen LogP contribution in [0.4, 0.5) is 36.3 Å². The number of rotatable bonds is 13. The van der Waals surface area contributed by atoms with E-state index in [1.165, 1.54) is 12.3 Å². The van der Waals surface area contributed by atoms with Gasteiger partial charge in [0.1, 0.15) is 11.3 Å². The van der Waals surface area contributed by atoms with E-state index < -0.39 is 43.6 Å². The van der Waals surface area contributed by atoms with E-state index in [4.69, 9.17) is 13.6 Å². The summed E-state index contributed by atoms with van der Waals surface area (Å²) in [5.74, 6) is -2.00. The van der Waals surface area contributed by atoms with Crippen LogP contribution in [0.5, 0.6) is 5.88 Å². The number of aromatic nitrogens is 4. The average molecular weight is 658 g/mol. The van der Waals surface area contributed by atoms with Gasteiger partial charge in [-0.2, -0.15) is 18.2 Å². The Kier molecular flexibility index (Phi) is 9.40. The summed E-state index contributed by atoms with van der Waals surface area (Å²) in [6.07, 6.45) is -1.73. The van der Waals surface area contributed by atoms with Gasteiger partial charge in [-0.25, -0.2) is 14.8 Å². The second-order valence-corrected chi connectivity index (χ2v) is 11.0. The van der Waals surface area contributed by atoms with Crippen molar-refractivity contribution in [3.05, 3.63) is 60.9 Å². The standard InChI is InChI=1S/C32H37F3N8O4/c1-8-26(44)37-23-15-24(29(46-18-32(33,34)35)40-28(23)42(6)14-13-41(4)5)38-31-36-16-21(30(45)47-19(2)3)27(39-31)22-17-43(7)25-12-10-9-11-20(22)25/h8-12,15-17,19H,1,13-14,18H2,2-7H3,(H,37,44)(H,36,38,39)/i7D3. The average Bonchev–Trinajstić information content (AvgIpc) is 3.43. The molecule has 0 aliphatic rings. The largest absolute Gasteiger partial charge is 0.466 e. The molecular weight excluding hydrogens is 617 g/mol. The molecule has 3 heterocycles. The summed E-state index contributed by atoms with van der Waals surface area (Å²) in [4.78, 5) is 42.2. The Balaban J connectivity index is 1.91. The normalized spacial score (nSPS) is 12.8. The van der Waals surface area contributed by atoms with Gasteiger partial charge >= 0.3 is 12.1 Å². The molecule has 0 radical (unpaired) electrons. The first-order valence-corrected chi connectivity index (χ1v) is 14.4. The Bertz CT molecular complexity index is 1880. The van der Waals surface area contributed by atoms with Crippen molar-refractivity contribution in [1.29, 1.82) is 0 Å². The van der Waals surface area contributed by atoms with Crippen LogP contribution in [0.1, 0.15) is 28.3 Å². The number of pyridine rings is 1. The number of hydrogen-bond donors (Lipinski definition) is 2. The first kappa shape index (κ1) is 30.5. The van der Waals surface area contributed by atoms with E-state index in [1.54, 1.807) is 50.1 Å². The molecule has 2 N–H and O–H groups in total. The van der Waals surface area contributed by atoms with Gasteiger partial charge < -0.3 is 34.5 Å². The van der Waals surface area contributed by atoms with Gasteiger partial charge in [0, 0.05) is 60.1 Å². The molecule has 0 unspecified atom stereocenters. The summed E-state index contributed by atoms with van der Waals surface area (Å²) in [6.45, 7) is 3.41. The number of para-hydroxylation sites is 1. The summed E-state index contributed by atoms with van der Waals surface area (Å²) in [7, 11) is 5.33. The van der Waals surface area contributed by atoms with Crippen molar-refractivity contribution in [3.63, 3.8) is 0 Å². The Hall–Kier alpha value is -5.18. The van der Waals surface area contributed by atoms with Gasteiger partial charge in [-0.15, -0.1) is 0 Å². The van der Waals surface area contributed by atoms with E-state index >= 15 is 0 Å². The minimum Gasteiger partial charge on any atom is -0.466 e. The number of carbonyl (C=O) groups excluding carboxylic acids is 2. The van der Waals surface area contributed by atoms with Crippen LogP contribution in [-0.2, 0) is 16.5 Å². The molecule has 12 nitrogen and oxygen atoms in total. The van der Waals surface area contributed by atoms with Crippen molar-refractivity contribution in [2.45, 2.75) is 26.1 Å². The molecule has 0 saturated carbocycles. The second kappa shape index (κ2) is 14.5. The maximum atomic E-state index is 13.4. The molecule has 3 aromatic heterocycles. The second-order valence-electron chi connectivity index (χ2n) is 11.0. The van der Waals surface area contributed by atoms with E-state index in [1.807, 2.05) is 19.0 Å².